The van der Waals surface area contributed by atoms with E-state index in [0.717, 1.165) is 42.3 Å². The zero-order chi connectivity index (χ0) is 26.2. The van der Waals surface area contributed by atoms with Gasteiger partial charge in [0.15, 0.2) is 0 Å². The van der Waals surface area contributed by atoms with Crippen molar-refractivity contribution in [1.29, 1.82) is 0 Å². The molecule has 7 nitrogen and oxygen atoms in total. The number of nitrogens with zero attached hydrogens (tertiary/aromatic N) is 3. The predicted molar refractivity (Wildman–Crippen MR) is 149 cm³/mol. The van der Waals surface area contributed by atoms with Gasteiger partial charge >= 0.3 is 6.09 Å². The fourth-order valence-electron chi connectivity index (χ4n) is 5.09. The summed E-state index contributed by atoms with van der Waals surface area (Å²) in [6.45, 7) is 2.04. The number of aryl methyl sites for hydroxylation is 1. The van der Waals surface area contributed by atoms with Gasteiger partial charge in [-0.1, -0.05) is 66.7 Å². The molecule has 0 saturated carbocycles. The van der Waals surface area contributed by atoms with Gasteiger partial charge in [0.25, 0.3) is 0 Å². The fraction of sp³-hybridized carbons (Fsp3) is 0.323. The van der Waals surface area contributed by atoms with Gasteiger partial charge in [-0.2, -0.15) is 0 Å². The van der Waals surface area contributed by atoms with E-state index in [4.69, 9.17) is 4.74 Å². The van der Waals surface area contributed by atoms with Crippen LogP contribution in [0.25, 0.3) is 10.8 Å². The topological polar surface area (TPSA) is 87.6 Å². The first-order valence-corrected chi connectivity index (χ1v) is 13.3. The summed E-state index contributed by atoms with van der Waals surface area (Å²) in [5.74, 6) is 0.649. The van der Waals surface area contributed by atoms with Gasteiger partial charge in [0.05, 0.1) is 19.3 Å². The van der Waals surface area contributed by atoms with Crippen LogP contribution in [0.2, 0.25) is 0 Å². The van der Waals surface area contributed by atoms with E-state index in [1.54, 1.807) is 0 Å². The molecule has 1 fully saturated rings. The number of unbranched alkanes of at least 4 members (excludes halogenated alkanes) is 1. The van der Waals surface area contributed by atoms with Crippen molar-refractivity contribution in [2.24, 2.45) is 0 Å². The number of carbonyl (C=O) groups is 1. The van der Waals surface area contributed by atoms with Crippen LogP contribution in [0.4, 0.5) is 10.7 Å². The van der Waals surface area contributed by atoms with Gasteiger partial charge in [-0.05, 0) is 59.2 Å². The van der Waals surface area contributed by atoms with Crippen LogP contribution in [0.5, 0.6) is 0 Å². The highest BCUT2D eigenvalue weighted by Crippen LogP contribution is 2.31. The van der Waals surface area contributed by atoms with Gasteiger partial charge in [-0.3, -0.25) is 0 Å². The first-order chi connectivity index (χ1) is 18.7. The quantitative estimate of drug-likeness (QED) is 0.250. The Bertz CT molecular complexity index is 1330. The summed E-state index contributed by atoms with van der Waals surface area (Å²) >= 11 is 0. The Morgan fingerprint density at radius 3 is 2.50 bits per heavy atom. The molecule has 196 valence electrons. The van der Waals surface area contributed by atoms with Gasteiger partial charge in [0.1, 0.15) is 0 Å². The molecule has 2 heterocycles. The molecule has 1 aromatic heterocycles. The summed E-state index contributed by atoms with van der Waals surface area (Å²) in [4.78, 5) is 22.2. The molecule has 1 aliphatic heterocycles. The van der Waals surface area contributed by atoms with E-state index in [1.165, 1.54) is 15.8 Å². The standard InChI is InChI=1S/C31H34N4O3/c36-31(37)35-17-15-28(29(21-35)38-22-24-13-14-25-11-4-5-12-26(25)18-24)27-19-33-30(34-20-27)32-16-7-6-10-23-8-2-1-3-9-23/h1-5,8-9,11-14,18-20,28-29H,6-7,10,15-17,21-22H2,(H,36,37)(H,32,33,34). The van der Waals surface area contributed by atoms with Crippen LogP contribution >= 0.6 is 0 Å². The van der Waals surface area contributed by atoms with E-state index in [-0.39, 0.29) is 12.0 Å². The van der Waals surface area contributed by atoms with Crippen LogP contribution in [-0.2, 0) is 17.8 Å². The van der Waals surface area contributed by atoms with Gasteiger partial charge in [0.2, 0.25) is 5.95 Å². The zero-order valence-corrected chi connectivity index (χ0v) is 21.5. The molecule has 0 bridgehead atoms. The Hall–Kier alpha value is -3.97. The second-order valence-electron chi connectivity index (χ2n) is 9.86. The van der Waals surface area contributed by atoms with Crippen molar-refractivity contribution in [3.63, 3.8) is 0 Å². The molecule has 5 rings (SSSR count). The summed E-state index contributed by atoms with van der Waals surface area (Å²) in [6.07, 6.45) is 6.41. The van der Waals surface area contributed by atoms with Crippen molar-refractivity contribution in [1.82, 2.24) is 14.9 Å². The fourth-order valence-corrected chi connectivity index (χ4v) is 5.09. The van der Waals surface area contributed by atoms with Crippen LogP contribution in [0, 0.1) is 0 Å². The van der Waals surface area contributed by atoms with Gasteiger partial charge in [-0.15, -0.1) is 0 Å². The first kappa shape index (κ1) is 25.7. The molecule has 0 aliphatic carbocycles. The minimum atomic E-state index is -0.911. The number of anilines is 1. The van der Waals surface area contributed by atoms with Crippen molar-refractivity contribution in [2.75, 3.05) is 25.0 Å². The number of hydrogen-bond donors (Lipinski definition) is 2. The maximum absolute atomic E-state index is 11.7. The Morgan fingerprint density at radius 1 is 0.947 bits per heavy atom. The van der Waals surface area contributed by atoms with Crippen LogP contribution in [0.1, 0.15) is 41.9 Å². The highest BCUT2D eigenvalue weighted by Gasteiger charge is 2.33. The molecular weight excluding hydrogens is 476 g/mol. The molecule has 1 amide bonds. The number of carboxylic acid groups (broad SMARTS) is 1. The molecule has 3 aromatic carbocycles. The number of fused-ring (bicyclic) bond motifs is 1. The number of amides is 1. The van der Waals surface area contributed by atoms with E-state index in [9.17, 15) is 9.90 Å². The Morgan fingerprint density at radius 2 is 1.71 bits per heavy atom. The summed E-state index contributed by atoms with van der Waals surface area (Å²) < 4.78 is 6.35. The largest absolute Gasteiger partial charge is 0.465 e. The lowest BCUT2D eigenvalue weighted by Gasteiger charge is -2.37. The number of ether oxygens (including phenoxy) is 1. The number of rotatable bonds is 10. The summed E-state index contributed by atoms with van der Waals surface area (Å²) in [7, 11) is 0. The molecular formula is C31H34N4O3. The number of piperidine rings is 1. The second kappa shape index (κ2) is 12.5. The van der Waals surface area contributed by atoms with Crippen molar-refractivity contribution in [3.05, 3.63) is 102 Å². The molecule has 1 aliphatic rings. The minimum Gasteiger partial charge on any atom is -0.465 e. The van der Waals surface area contributed by atoms with Crippen LogP contribution < -0.4 is 5.32 Å². The monoisotopic (exact) mass is 510 g/mol. The van der Waals surface area contributed by atoms with Crippen LogP contribution in [0.3, 0.4) is 0 Å². The zero-order valence-electron chi connectivity index (χ0n) is 21.5. The van der Waals surface area contributed by atoms with Crippen molar-refractivity contribution < 1.29 is 14.6 Å². The lowest BCUT2D eigenvalue weighted by Crippen LogP contribution is -2.46. The number of nitrogens with one attached hydrogen (secondary N) is 1. The molecule has 38 heavy (non-hydrogen) atoms. The lowest BCUT2D eigenvalue weighted by atomic mass is 9.88. The highest BCUT2D eigenvalue weighted by atomic mass is 16.5. The Balaban J connectivity index is 1.17. The van der Waals surface area contributed by atoms with E-state index in [0.29, 0.717) is 32.1 Å². The average molecular weight is 511 g/mol. The molecule has 2 N–H and O–H groups in total. The Kier molecular flexibility index (Phi) is 8.46. The summed E-state index contributed by atoms with van der Waals surface area (Å²) in [5, 5.41) is 15.2. The molecule has 4 aromatic rings. The number of aromatic nitrogens is 2. The molecule has 1 saturated heterocycles. The lowest BCUT2D eigenvalue weighted by molar-refractivity contribution is -0.0200. The maximum atomic E-state index is 11.7. The smallest absolute Gasteiger partial charge is 0.407 e. The molecule has 0 radical (unpaired) electrons. The van der Waals surface area contributed by atoms with Gasteiger partial charge < -0.3 is 20.1 Å². The van der Waals surface area contributed by atoms with Crippen molar-refractivity contribution >= 4 is 22.8 Å². The van der Waals surface area contributed by atoms with Crippen LogP contribution in [0.15, 0.2) is 85.2 Å². The van der Waals surface area contributed by atoms with E-state index in [2.05, 4.69) is 69.9 Å². The first-order valence-electron chi connectivity index (χ1n) is 13.3. The molecule has 2 atom stereocenters. The predicted octanol–water partition coefficient (Wildman–Crippen LogP) is 6.12. The maximum Gasteiger partial charge on any atom is 0.407 e. The average Bonchev–Trinajstić information content (AvgIpc) is 2.96. The van der Waals surface area contributed by atoms with E-state index >= 15 is 0 Å². The van der Waals surface area contributed by atoms with E-state index in [1.807, 2.05) is 30.6 Å². The number of likely N-dealkylation sites (tertiary alicyclic amines) is 1. The molecule has 2 unspecified atom stereocenters. The van der Waals surface area contributed by atoms with Gasteiger partial charge in [0, 0.05) is 31.4 Å². The normalized spacial score (nSPS) is 17.4. The third-order valence-corrected chi connectivity index (χ3v) is 7.23. The number of hydrogen-bond acceptors (Lipinski definition) is 5. The molecule has 0 spiro atoms. The summed E-state index contributed by atoms with van der Waals surface area (Å²) in [5.41, 5.74) is 3.41. The summed E-state index contributed by atoms with van der Waals surface area (Å²) in [6, 6.07) is 25.0. The third-order valence-electron chi connectivity index (χ3n) is 7.23. The second-order valence-corrected chi connectivity index (χ2v) is 9.86. The minimum absolute atomic E-state index is 0.0333. The SMILES string of the molecule is O=C(O)N1CCC(c2cnc(NCCCCc3ccccc3)nc2)C(OCc2ccc3ccccc3c2)C1. The third kappa shape index (κ3) is 6.66. The highest BCUT2D eigenvalue weighted by molar-refractivity contribution is 5.82. The van der Waals surface area contributed by atoms with Crippen molar-refractivity contribution in [3.8, 4) is 0 Å². The molecule has 7 heteroatoms. The Labute approximate surface area is 223 Å². The van der Waals surface area contributed by atoms with Crippen molar-refractivity contribution in [2.45, 2.75) is 44.3 Å². The van der Waals surface area contributed by atoms with Crippen LogP contribution in [-0.4, -0.2) is 51.8 Å². The number of benzene rings is 3. The van der Waals surface area contributed by atoms with Gasteiger partial charge in [-0.25, -0.2) is 14.8 Å². The van der Waals surface area contributed by atoms with E-state index < -0.39 is 6.09 Å².